The van der Waals surface area contributed by atoms with E-state index in [0.29, 0.717) is 0 Å². The van der Waals surface area contributed by atoms with Gasteiger partial charge in [-0.25, -0.2) is 9.97 Å². The summed E-state index contributed by atoms with van der Waals surface area (Å²) in [6.45, 7) is 4.97. The number of fused-ring (bicyclic) bond motifs is 1. The fourth-order valence-corrected chi connectivity index (χ4v) is 3.90. The Hall–Kier alpha value is -1.63. The molecule has 0 amide bonds. The van der Waals surface area contributed by atoms with Gasteiger partial charge in [-0.1, -0.05) is 11.6 Å². The van der Waals surface area contributed by atoms with Crippen molar-refractivity contribution in [3.05, 3.63) is 40.6 Å². The molecule has 1 aromatic carbocycles. The number of rotatable bonds is 3. The fourth-order valence-electron chi connectivity index (χ4n) is 3.03. The van der Waals surface area contributed by atoms with Crippen molar-refractivity contribution in [3.63, 3.8) is 0 Å². The highest BCUT2D eigenvalue weighted by molar-refractivity contribution is 7.13. The number of aromatic nitrogens is 3. The minimum absolute atomic E-state index is 0.735. The lowest BCUT2D eigenvalue weighted by molar-refractivity contribution is 0.242. The molecule has 3 aromatic rings. The molecule has 0 N–H and O–H groups in total. The largest absolute Gasteiger partial charge is 0.346 e. The molecule has 1 aliphatic rings. The quantitative estimate of drug-likeness (QED) is 0.730. The van der Waals surface area contributed by atoms with Gasteiger partial charge in [0, 0.05) is 49.8 Å². The summed E-state index contributed by atoms with van der Waals surface area (Å²) >= 11 is 7.78. The summed E-state index contributed by atoms with van der Waals surface area (Å²) < 4.78 is 2.17. The van der Waals surface area contributed by atoms with Gasteiger partial charge in [0.15, 0.2) is 5.13 Å². The van der Waals surface area contributed by atoms with Crippen LogP contribution in [0.5, 0.6) is 0 Å². The van der Waals surface area contributed by atoms with E-state index in [1.54, 1.807) is 11.3 Å². The lowest BCUT2D eigenvalue weighted by atomic mass is 10.3. The van der Waals surface area contributed by atoms with Crippen molar-refractivity contribution in [1.82, 2.24) is 19.4 Å². The van der Waals surface area contributed by atoms with Crippen molar-refractivity contribution in [2.75, 3.05) is 31.1 Å². The highest BCUT2D eigenvalue weighted by Gasteiger charge is 2.20. The van der Waals surface area contributed by atoms with Crippen molar-refractivity contribution >= 4 is 39.1 Å². The van der Waals surface area contributed by atoms with Crippen LogP contribution in [-0.4, -0.2) is 45.6 Å². The number of nitrogens with zero attached hydrogens (tertiary/aromatic N) is 5. The van der Waals surface area contributed by atoms with Crippen LogP contribution in [0.4, 0.5) is 5.13 Å². The number of piperazine rings is 1. The van der Waals surface area contributed by atoms with Crippen LogP contribution in [0.3, 0.4) is 0 Å². The van der Waals surface area contributed by atoms with Crippen molar-refractivity contribution in [2.45, 2.75) is 6.54 Å². The average Bonchev–Trinajstić information content (AvgIpc) is 3.18. The van der Waals surface area contributed by atoms with Crippen LogP contribution in [-0.2, 0) is 13.6 Å². The van der Waals surface area contributed by atoms with Gasteiger partial charge >= 0.3 is 0 Å². The second-order valence-electron chi connectivity index (χ2n) is 5.80. The van der Waals surface area contributed by atoms with E-state index in [-0.39, 0.29) is 0 Å². The number of halogens is 1. The standard InChI is InChI=1S/C16H18ClN5S/c1-20-14-3-2-12(17)10-13(14)19-15(20)11-21-5-7-22(8-6-21)16-18-4-9-23-16/h2-4,9-10H,5-8,11H2,1H3. The zero-order chi connectivity index (χ0) is 15.8. The third-order valence-corrected chi connectivity index (χ3v) is 5.43. The van der Waals surface area contributed by atoms with Crippen LogP contribution in [0, 0.1) is 0 Å². The Labute approximate surface area is 144 Å². The molecular weight excluding hydrogens is 330 g/mol. The molecule has 4 rings (SSSR count). The van der Waals surface area contributed by atoms with Crippen LogP contribution < -0.4 is 4.90 Å². The van der Waals surface area contributed by atoms with Gasteiger partial charge < -0.3 is 9.47 Å². The van der Waals surface area contributed by atoms with Gasteiger partial charge in [0.25, 0.3) is 0 Å². The summed E-state index contributed by atoms with van der Waals surface area (Å²) in [5, 5.41) is 3.90. The Morgan fingerprint density at radius 2 is 2.04 bits per heavy atom. The average molecular weight is 348 g/mol. The summed E-state index contributed by atoms with van der Waals surface area (Å²) in [7, 11) is 2.07. The molecule has 23 heavy (non-hydrogen) atoms. The van der Waals surface area contributed by atoms with Gasteiger partial charge in [-0.15, -0.1) is 11.3 Å². The van der Waals surface area contributed by atoms with Crippen molar-refractivity contribution < 1.29 is 0 Å². The van der Waals surface area contributed by atoms with E-state index in [1.165, 1.54) is 0 Å². The minimum Gasteiger partial charge on any atom is -0.346 e. The molecule has 5 nitrogen and oxygen atoms in total. The normalized spacial score (nSPS) is 16.3. The van der Waals surface area contributed by atoms with E-state index >= 15 is 0 Å². The highest BCUT2D eigenvalue weighted by atomic mass is 35.5. The minimum atomic E-state index is 0.735. The molecule has 1 aliphatic heterocycles. The predicted molar refractivity (Wildman–Crippen MR) is 95.3 cm³/mol. The van der Waals surface area contributed by atoms with Gasteiger partial charge in [0.05, 0.1) is 17.6 Å². The first-order valence-electron chi connectivity index (χ1n) is 7.68. The van der Waals surface area contributed by atoms with Crippen LogP contribution in [0.15, 0.2) is 29.8 Å². The van der Waals surface area contributed by atoms with Gasteiger partial charge in [-0.05, 0) is 18.2 Å². The number of hydrogen-bond acceptors (Lipinski definition) is 5. The number of aryl methyl sites for hydroxylation is 1. The second kappa shape index (κ2) is 6.11. The Balaban J connectivity index is 1.46. The highest BCUT2D eigenvalue weighted by Crippen LogP contribution is 2.22. The van der Waals surface area contributed by atoms with E-state index in [9.17, 15) is 0 Å². The molecule has 120 valence electrons. The summed E-state index contributed by atoms with van der Waals surface area (Å²) in [4.78, 5) is 14.0. The molecule has 1 fully saturated rings. The van der Waals surface area contributed by atoms with Crippen LogP contribution in [0.1, 0.15) is 5.82 Å². The van der Waals surface area contributed by atoms with Crippen LogP contribution in [0.25, 0.3) is 11.0 Å². The first-order valence-corrected chi connectivity index (χ1v) is 8.94. The molecule has 0 spiro atoms. The molecule has 2 aromatic heterocycles. The number of benzene rings is 1. The molecule has 3 heterocycles. The first kappa shape index (κ1) is 14.9. The van der Waals surface area contributed by atoms with Gasteiger partial charge in [0.2, 0.25) is 0 Å². The summed E-state index contributed by atoms with van der Waals surface area (Å²) in [6, 6.07) is 5.89. The van der Waals surface area contributed by atoms with Crippen LogP contribution >= 0.6 is 22.9 Å². The molecule has 0 radical (unpaired) electrons. The SMILES string of the molecule is Cn1c(CN2CCN(c3nccs3)CC2)nc2cc(Cl)ccc21. The molecule has 0 aliphatic carbocycles. The summed E-state index contributed by atoms with van der Waals surface area (Å²) in [5.41, 5.74) is 2.10. The predicted octanol–water partition coefficient (Wildman–Crippen LogP) is 3.01. The van der Waals surface area contributed by atoms with Gasteiger partial charge in [0.1, 0.15) is 5.82 Å². The Morgan fingerprint density at radius 1 is 1.22 bits per heavy atom. The zero-order valence-corrected chi connectivity index (χ0v) is 14.5. The van der Waals surface area contributed by atoms with E-state index in [1.807, 2.05) is 29.8 Å². The monoisotopic (exact) mass is 347 g/mol. The molecule has 0 bridgehead atoms. The van der Waals surface area contributed by atoms with Gasteiger partial charge in [-0.3, -0.25) is 4.90 Å². The maximum Gasteiger partial charge on any atom is 0.185 e. The zero-order valence-electron chi connectivity index (χ0n) is 12.9. The van der Waals surface area contributed by atoms with Crippen molar-refractivity contribution in [1.29, 1.82) is 0 Å². The molecule has 0 atom stereocenters. The lowest BCUT2D eigenvalue weighted by Gasteiger charge is -2.34. The lowest BCUT2D eigenvalue weighted by Crippen LogP contribution is -2.46. The number of thiazole rings is 1. The number of anilines is 1. The third kappa shape index (κ3) is 2.94. The smallest absolute Gasteiger partial charge is 0.185 e. The molecule has 0 unspecified atom stereocenters. The van der Waals surface area contributed by atoms with E-state index < -0.39 is 0 Å². The maximum atomic E-state index is 6.07. The Kier molecular flexibility index (Phi) is 3.97. The Bertz CT molecular complexity index is 805. The maximum absolute atomic E-state index is 6.07. The molecule has 7 heteroatoms. The summed E-state index contributed by atoms with van der Waals surface area (Å²) in [5.74, 6) is 1.09. The van der Waals surface area contributed by atoms with Gasteiger partial charge in [-0.2, -0.15) is 0 Å². The number of imidazole rings is 1. The Morgan fingerprint density at radius 3 is 2.78 bits per heavy atom. The topological polar surface area (TPSA) is 37.2 Å². The first-order chi connectivity index (χ1) is 11.2. The molecule has 1 saturated heterocycles. The summed E-state index contributed by atoms with van der Waals surface area (Å²) in [6.07, 6.45) is 1.87. The van der Waals surface area contributed by atoms with Crippen LogP contribution in [0.2, 0.25) is 5.02 Å². The fraction of sp³-hybridized carbons (Fsp3) is 0.375. The second-order valence-corrected chi connectivity index (χ2v) is 7.11. The van der Waals surface area contributed by atoms with Crippen molar-refractivity contribution in [3.8, 4) is 0 Å². The third-order valence-electron chi connectivity index (χ3n) is 4.36. The van der Waals surface area contributed by atoms with E-state index in [4.69, 9.17) is 16.6 Å². The molecule has 0 saturated carbocycles. The number of hydrogen-bond donors (Lipinski definition) is 0. The molecular formula is C16H18ClN5S. The van der Waals surface area contributed by atoms with Crippen molar-refractivity contribution in [2.24, 2.45) is 7.05 Å². The van der Waals surface area contributed by atoms with E-state index in [0.717, 1.165) is 59.7 Å². The van der Waals surface area contributed by atoms with E-state index in [2.05, 4.69) is 26.4 Å².